The lowest BCUT2D eigenvalue weighted by atomic mass is 10.1. The predicted octanol–water partition coefficient (Wildman–Crippen LogP) is 4.36. The number of rotatable bonds is 3. The minimum absolute atomic E-state index is 0.283. The number of hydrogen-bond donors (Lipinski definition) is 0. The van der Waals surface area contributed by atoms with E-state index < -0.39 is 0 Å². The van der Waals surface area contributed by atoms with Gasteiger partial charge in [0, 0.05) is 4.47 Å². The second kappa shape index (κ2) is 5.59. The van der Waals surface area contributed by atoms with Crippen LogP contribution in [0.2, 0.25) is 0 Å². The highest BCUT2D eigenvalue weighted by molar-refractivity contribution is 9.10. The van der Waals surface area contributed by atoms with Crippen molar-refractivity contribution in [2.24, 2.45) is 0 Å². The molecule has 0 amide bonds. The van der Waals surface area contributed by atoms with Crippen LogP contribution in [0.15, 0.2) is 40.9 Å². The molecule has 0 atom stereocenters. The first kappa shape index (κ1) is 13.1. The second-order valence-corrected chi connectivity index (χ2v) is 5.19. The van der Waals surface area contributed by atoms with Crippen LogP contribution in [-0.2, 0) is 0 Å². The van der Waals surface area contributed by atoms with Crippen molar-refractivity contribution >= 4 is 28.1 Å². The third-order valence-corrected chi connectivity index (χ3v) is 3.73. The van der Waals surface area contributed by atoms with Gasteiger partial charge in [0.15, 0.2) is 11.5 Å². The Morgan fingerprint density at radius 2 is 1.90 bits per heavy atom. The summed E-state index contributed by atoms with van der Waals surface area (Å²) in [7, 11) is 1.66. The maximum Gasteiger partial charge on any atom is 0.231 e. The summed E-state index contributed by atoms with van der Waals surface area (Å²) in [5, 5.41) is 0. The molecule has 1 heterocycles. The molecule has 0 spiro atoms. The second-order valence-electron chi connectivity index (χ2n) is 4.34. The number of fused-ring (bicyclic) bond motifs is 1. The van der Waals surface area contributed by atoms with Crippen LogP contribution in [0.4, 0.5) is 0 Å². The Labute approximate surface area is 125 Å². The number of hydrogen-bond acceptors (Lipinski definition) is 3. The molecule has 0 radical (unpaired) electrons. The van der Waals surface area contributed by atoms with Crippen LogP contribution in [0.25, 0.3) is 12.2 Å². The first-order valence-corrected chi connectivity index (χ1v) is 6.97. The highest BCUT2D eigenvalue weighted by atomic mass is 79.9. The average molecular weight is 333 g/mol. The molecule has 102 valence electrons. The highest BCUT2D eigenvalue weighted by Crippen LogP contribution is 2.37. The minimum atomic E-state index is 0.283. The lowest BCUT2D eigenvalue weighted by molar-refractivity contribution is 0.174. The standard InChI is InChI=1S/C16H13BrO3/c1-18-13-4-2-3-11(7-13)5-6-12-8-15-16(9-14(12)17)20-10-19-15/h2-9H,10H2,1H3. The van der Waals surface area contributed by atoms with Gasteiger partial charge in [-0.3, -0.25) is 0 Å². The Morgan fingerprint density at radius 1 is 1.10 bits per heavy atom. The van der Waals surface area contributed by atoms with Crippen molar-refractivity contribution in [3.63, 3.8) is 0 Å². The molecule has 20 heavy (non-hydrogen) atoms. The summed E-state index contributed by atoms with van der Waals surface area (Å²) in [6.07, 6.45) is 4.06. The van der Waals surface area contributed by atoms with E-state index in [4.69, 9.17) is 14.2 Å². The monoisotopic (exact) mass is 332 g/mol. The topological polar surface area (TPSA) is 27.7 Å². The maximum absolute atomic E-state index is 5.39. The fraction of sp³-hybridized carbons (Fsp3) is 0.125. The van der Waals surface area contributed by atoms with Gasteiger partial charge in [-0.2, -0.15) is 0 Å². The predicted molar refractivity (Wildman–Crippen MR) is 82.2 cm³/mol. The molecule has 0 unspecified atom stereocenters. The average Bonchev–Trinajstić information content (AvgIpc) is 2.92. The van der Waals surface area contributed by atoms with Crippen molar-refractivity contribution in [2.45, 2.75) is 0 Å². The first-order valence-electron chi connectivity index (χ1n) is 6.17. The zero-order valence-electron chi connectivity index (χ0n) is 10.9. The minimum Gasteiger partial charge on any atom is -0.497 e. The van der Waals surface area contributed by atoms with Gasteiger partial charge in [-0.15, -0.1) is 0 Å². The van der Waals surface area contributed by atoms with Crippen LogP contribution >= 0.6 is 15.9 Å². The molecule has 0 fully saturated rings. The molecule has 1 aliphatic heterocycles. The van der Waals surface area contributed by atoms with E-state index in [1.54, 1.807) is 7.11 Å². The SMILES string of the molecule is COc1cccc(C=Cc2cc3c(cc2Br)OCO3)c1. The van der Waals surface area contributed by atoms with Crippen molar-refractivity contribution in [3.05, 3.63) is 52.0 Å². The van der Waals surface area contributed by atoms with Crippen LogP contribution in [0, 0.1) is 0 Å². The Hall–Kier alpha value is -1.94. The molecule has 2 aromatic rings. The molecule has 0 bridgehead atoms. The van der Waals surface area contributed by atoms with Gasteiger partial charge in [0.2, 0.25) is 6.79 Å². The van der Waals surface area contributed by atoms with E-state index in [2.05, 4.69) is 15.9 Å². The number of ether oxygens (including phenoxy) is 3. The largest absolute Gasteiger partial charge is 0.497 e. The van der Waals surface area contributed by atoms with E-state index in [9.17, 15) is 0 Å². The summed E-state index contributed by atoms with van der Waals surface area (Å²) < 4.78 is 16.9. The van der Waals surface area contributed by atoms with Crippen molar-refractivity contribution < 1.29 is 14.2 Å². The molecular weight excluding hydrogens is 320 g/mol. The Morgan fingerprint density at radius 3 is 2.70 bits per heavy atom. The van der Waals surface area contributed by atoms with Crippen molar-refractivity contribution in [1.29, 1.82) is 0 Å². The van der Waals surface area contributed by atoms with E-state index in [0.29, 0.717) is 0 Å². The molecule has 1 aliphatic rings. The molecule has 0 aromatic heterocycles. The van der Waals surface area contributed by atoms with E-state index in [1.165, 1.54) is 0 Å². The third kappa shape index (κ3) is 2.65. The summed E-state index contributed by atoms with van der Waals surface area (Å²) in [4.78, 5) is 0. The van der Waals surface area contributed by atoms with Gasteiger partial charge in [0.25, 0.3) is 0 Å². The van der Waals surface area contributed by atoms with E-state index in [0.717, 1.165) is 32.8 Å². The van der Waals surface area contributed by atoms with Crippen molar-refractivity contribution in [2.75, 3.05) is 13.9 Å². The van der Waals surface area contributed by atoms with Gasteiger partial charge < -0.3 is 14.2 Å². The molecule has 3 nitrogen and oxygen atoms in total. The quantitative estimate of drug-likeness (QED) is 0.782. The molecule has 2 aromatic carbocycles. The normalized spacial score (nSPS) is 12.9. The van der Waals surface area contributed by atoms with Gasteiger partial charge in [-0.05, 0) is 35.4 Å². The van der Waals surface area contributed by atoms with Gasteiger partial charge in [0.1, 0.15) is 5.75 Å². The Kier molecular flexibility index (Phi) is 3.65. The van der Waals surface area contributed by atoms with Crippen LogP contribution < -0.4 is 14.2 Å². The fourth-order valence-electron chi connectivity index (χ4n) is 1.99. The van der Waals surface area contributed by atoms with Crippen LogP contribution in [0.1, 0.15) is 11.1 Å². The van der Waals surface area contributed by atoms with Crippen molar-refractivity contribution in [3.8, 4) is 17.2 Å². The number of benzene rings is 2. The summed E-state index contributed by atoms with van der Waals surface area (Å²) >= 11 is 3.54. The smallest absolute Gasteiger partial charge is 0.231 e. The zero-order chi connectivity index (χ0) is 13.9. The Balaban J connectivity index is 1.88. The maximum atomic E-state index is 5.39. The van der Waals surface area contributed by atoms with Gasteiger partial charge in [0.05, 0.1) is 7.11 Å². The number of methoxy groups -OCH3 is 1. The molecule has 3 rings (SSSR count). The summed E-state index contributed by atoms with van der Waals surface area (Å²) in [5.74, 6) is 2.39. The summed E-state index contributed by atoms with van der Waals surface area (Å²) in [6, 6.07) is 11.8. The summed E-state index contributed by atoms with van der Waals surface area (Å²) in [5.41, 5.74) is 2.12. The lowest BCUT2D eigenvalue weighted by Gasteiger charge is -2.03. The first-order chi connectivity index (χ1) is 9.76. The summed E-state index contributed by atoms with van der Waals surface area (Å²) in [6.45, 7) is 0.283. The zero-order valence-corrected chi connectivity index (χ0v) is 12.5. The third-order valence-electron chi connectivity index (χ3n) is 3.04. The van der Waals surface area contributed by atoms with E-state index in [-0.39, 0.29) is 6.79 Å². The highest BCUT2D eigenvalue weighted by Gasteiger charge is 2.15. The molecule has 0 saturated carbocycles. The molecule has 4 heteroatoms. The number of halogens is 1. The molecule has 0 saturated heterocycles. The van der Waals surface area contributed by atoms with Crippen molar-refractivity contribution in [1.82, 2.24) is 0 Å². The van der Waals surface area contributed by atoms with Gasteiger partial charge >= 0.3 is 0 Å². The van der Waals surface area contributed by atoms with Crippen LogP contribution in [-0.4, -0.2) is 13.9 Å². The van der Waals surface area contributed by atoms with Crippen LogP contribution in [0.3, 0.4) is 0 Å². The van der Waals surface area contributed by atoms with E-state index >= 15 is 0 Å². The van der Waals surface area contributed by atoms with E-state index in [1.807, 2.05) is 48.6 Å². The molecule has 0 N–H and O–H groups in total. The fourth-order valence-corrected chi connectivity index (χ4v) is 2.45. The van der Waals surface area contributed by atoms with Crippen LogP contribution in [0.5, 0.6) is 17.2 Å². The van der Waals surface area contributed by atoms with Gasteiger partial charge in [-0.1, -0.05) is 40.2 Å². The molecule has 0 aliphatic carbocycles. The van der Waals surface area contributed by atoms with Gasteiger partial charge in [-0.25, -0.2) is 0 Å². The molecular formula is C16H13BrO3. The Bertz CT molecular complexity index is 665. The lowest BCUT2D eigenvalue weighted by Crippen LogP contribution is -1.92.